The quantitative estimate of drug-likeness (QED) is 0.803. The van der Waals surface area contributed by atoms with Gasteiger partial charge in [-0.05, 0) is 31.5 Å². The van der Waals surface area contributed by atoms with Crippen LogP contribution in [0.2, 0.25) is 5.02 Å². The summed E-state index contributed by atoms with van der Waals surface area (Å²) in [5.74, 6) is -1.05. The SMILES string of the molecule is CC(C)(C(=O)N1CCN(C(=O)c2c(F)cccc2Cl)CC1)c1ccccc1. The fourth-order valence-electron chi connectivity index (χ4n) is 3.35. The number of rotatable bonds is 3. The molecule has 1 fully saturated rings. The minimum absolute atomic E-state index is 0.0183. The van der Waals surface area contributed by atoms with Crippen LogP contribution in [-0.2, 0) is 10.2 Å². The van der Waals surface area contributed by atoms with Gasteiger partial charge in [0.2, 0.25) is 5.91 Å². The van der Waals surface area contributed by atoms with E-state index in [2.05, 4.69) is 0 Å². The first-order valence-electron chi connectivity index (χ1n) is 8.90. The Balaban J connectivity index is 1.68. The van der Waals surface area contributed by atoms with Crippen molar-refractivity contribution in [1.82, 2.24) is 9.80 Å². The van der Waals surface area contributed by atoms with E-state index in [9.17, 15) is 14.0 Å². The second-order valence-electron chi connectivity index (χ2n) is 7.17. The van der Waals surface area contributed by atoms with Crippen LogP contribution < -0.4 is 0 Å². The molecule has 2 amide bonds. The predicted octanol–water partition coefficient (Wildman–Crippen LogP) is 3.74. The third-order valence-corrected chi connectivity index (χ3v) is 5.38. The van der Waals surface area contributed by atoms with E-state index in [-0.39, 0.29) is 16.5 Å². The smallest absolute Gasteiger partial charge is 0.258 e. The first-order valence-corrected chi connectivity index (χ1v) is 9.28. The van der Waals surface area contributed by atoms with Gasteiger partial charge in [0, 0.05) is 26.2 Å². The molecule has 1 aliphatic heterocycles. The van der Waals surface area contributed by atoms with Crippen molar-refractivity contribution in [3.8, 4) is 0 Å². The van der Waals surface area contributed by atoms with Gasteiger partial charge >= 0.3 is 0 Å². The van der Waals surface area contributed by atoms with Crippen LogP contribution in [0.3, 0.4) is 0 Å². The first-order chi connectivity index (χ1) is 12.8. The largest absolute Gasteiger partial charge is 0.338 e. The fourth-order valence-corrected chi connectivity index (χ4v) is 3.59. The molecule has 6 heteroatoms. The lowest BCUT2D eigenvalue weighted by atomic mass is 9.83. The number of benzene rings is 2. The van der Waals surface area contributed by atoms with Crippen molar-refractivity contribution in [1.29, 1.82) is 0 Å². The molecule has 0 radical (unpaired) electrons. The Kier molecular flexibility index (Phi) is 5.51. The van der Waals surface area contributed by atoms with E-state index >= 15 is 0 Å². The van der Waals surface area contributed by atoms with Gasteiger partial charge in [0.25, 0.3) is 5.91 Å². The van der Waals surface area contributed by atoms with E-state index in [1.165, 1.54) is 18.2 Å². The highest BCUT2D eigenvalue weighted by atomic mass is 35.5. The highest BCUT2D eigenvalue weighted by Gasteiger charge is 2.36. The van der Waals surface area contributed by atoms with E-state index in [1.54, 1.807) is 9.80 Å². The molecule has 2 aromatic rings. The van der Waals surface area contributed by atoms with Crippen LogP contribution in [0.1, 0.15) is 29.8 Å². The normalized spacial score (nSPS) is 15.0. The summed E-state index contributed by atoms with van der Waals surface area (Å²) in [4.78, 5) is 29.0. The molecular weight excluding hydrogens is 367 g/mol. The third-order valence-electron chi connectivity index (χ3n) is 5.06. The lowest BCUT2D eigenvalue weighted by molar-refractivity contribution is -0.137. The number of hydrogen-bond donors (Lipinski definition) is 0. The number of halogens is 2. The van der Waals surface area contributed by atoms with E-state index in [0.29, 0.717) is 26.2 Å². The molecule has 27 heavy (non-hydrogen) atoms. The molecule has 0 bridgehead atoms. The Bertz CT molecular complexity index is 826. The zero-order chi connectivity index (χ0) is 19.6. The molecule has 1 aliphatic rings. The minimum Gasteiger partial charge on any atom is -0.338 e. The van der Waals surface area contributed by atoms with Crippen LogP contribution in [0.4, 0.5) is 4.39 Å². The van der Waals surface area contributed by atoms with Gasteiger partial charge in [-0.3, -0.25) is 9.59 Å². The lowest BCUT2D eigenvalue weighted by Gasteiger charge is -2.39. The Morgan fingerprint density at radius 2 is 1.52 bits per heavy atom. The molecule has 4 nitrogen and oxygen atoms in total. The maximum Gasteiger partial charge on any atom is 0.258 e. The van der Waals surface area contributed by atoms with Crippen molar-refractivity contribution < 1.29 is 14.0 Å². The van der Waals surface area contributed by atoms with Crippen LogP contribution in [0, 0.1) is 5.82 Å². The van der Waals surface area contributed by atoms with E-state index in [4.69, 9.17) is 11.6 Å². The Labute approximate surface area is 163 Å². The van der Waals surface area contributed by atoms with Crippen molar-refractivity contribution in [2.75, 3.05) is 26.2 Å². The van der Waals surface area contributed by atoms with Crippen molar-refractivity contribution >= 4 is 23.4 Å². The van der Waals surface area contributed by atoms with E-state index in [1.807, 2.05) is 44.2 Å². The number of nitrogens with zero attached hydrogens (tertiary/aromatic N) is 2. The Morgan fingerprint density at radius 3 is 2.11 bits per heavy atom. The highest BCUT2D eigenvalue weighted by Crippen LogP contribution is 2.27. The summed E-state index contributed by atoms with van der Waals surface area (Å²) >= 11 is 6.00. The highest BCUT2D eigenvalue weighted by molar-refractivity contribution is 6.33. The molecule has 0 saturated carbocycles. The third kappa shape index (κ3) is 3.83. The van der Waals surface area contributed by atoms with E-state index in [0.717, 1.165) is 5.56 Å². The fraction of sp³-hybridized carbons (Fsp3) is 0.333. The Morgan fingerprint density at radius 1 is 0.926 bits per heavy atom. The molecule has 1 heterocycles. The molecule has 0 atom stereocenters. The van der Waals surface area contributed by atoms with Gasteiger partial charge in [0.05, 0.1) is 16.0 Å². The number of piperazine rings is 1. The van der Waals surface area contributed by atoms with Crippen LogP contribution >= 0.6 is 11.6 Å². The molecule has 0 aliphatic carbocycles. The van der Waals surface area contributed by atoms with Gasteiger partial charge in [0.15, 0.2) is 0 Å². The molecule has 3 rings (SSSR count). The number of amides is 2. The first kappa shape index (κ1) is 19.4. The predicted molar refractivity (Wildman–Crippen MR) is 103 cm³/mol. The molecular formula is C21H22ClFN2O2. The standard InChI is InChI=1S/C21H22ClFN2O2/c1-21(2,15-7-4-3-5-8-15)20(27)25-13-11-24(12-14-25)19(26)18-16(22)9-6-10-17(18)23/h3-10H,11-14H2,1-2H3. The number of carbonyl (C=O) groups excluding carboxylic acids is 2. The van der Waals surface area contributed by atoms with Gasteiger partial charge in [-0.1, -0.05) is 48.0 Å². The molecule has 0 aromatic heterocycles. The van der Waals surface area contributed by atoms with Crippen molar-refractivity contribution in [3.63, 3.8) is 0 Å². The minimum atomic E-state index is -0.651. The maximum absolute atomic E-state index is 14.0. The Hall–Kier alpha value is -2.40. The molecule has 0 spiro atoms. The monoisotopic (exact) mass is 388 g/mol. The van der Waals surface area contributed by atoms with Crippen LogP contribution in [-0.4, -0.2) is 47.8 Å². The molecule has 0 N–H and O–H groups in total. The summed E-state index contributed by atoms with van der Waals surface area (Å²) in [5, 5.41) is 0.101. The van der Waals surface area contributed by atoms with Crippen LogP contribution in [0.15, 0.2) is 48.5 Å². The summed E-state index contributed by atoms with van der Waals surface area (Å²) in [6.45, 7) is 5.32. The second-order valence-corrected chi connectivity index (χ2v) is 7.58. The summed E-state index contributed by atoms with van der Waals surface area (Å²) < 4.78 is 14.0. The molecule has 1 saturated heterocycles. The average molecular weight is 389 g/mol. The summed E-state index contributed by atoms with van der Waals surface area (Å²) in [7, 11) is 0. The molecule has 142 valence electrons. The molecule has 0 unspecified atom stereocenters. The lowest BCUT2D eigenvalue weighted by Crippen LogP contribution is -2.54. The van der Waals surface area contributed by atoms with Crippen molar-refractivity contribution in [3.05, 3.63) is 70.5 Å². The summed E-state index contributed by atoms with van der Waals surface area (Å²) in [5.41, 5.74) is 0.192. The van der Waals surface area contributed by atoms with Gasteiger partial charge in [0.1, 0.15) is 5.82 Å². The average Bonchev–Trinajstić information content (AvgIpc) is 2.68. The molecule has 2 aromatic carbocycles. The number of carbonyl (C=O) groups is 2. The second kappa shape index (κ2) is 7.69. The van der Waals surface area contributed by atoms with Gasteiger partial charge in [-0.25, -0.2) is 4.39 Å². The number of hydrogen-bond acceptors (Lipinski definition) is 2. The van der Waals surface area contributed by atoms with Gasteiger partial charge < -0.3 is 9.80 Å². The summed E-state index contributed by atoms with van der Waals surface area (Å²) in [6.07, 6.45) is 0. The van der Waals surface area contributed by atoms with Gasteiger partial charge in [-0.2, -0.15) is 0 Å². The van der Waals surface area contributed by atoms with Gasteiger partial charge in [-0.15, -0.1) is 0 Å². The zero-order valence-electron chi connectivity index (χ0n) is 15.4. The summed E-state index contributed by atoms with van der Waals surface area (Å²) in [6, 6.07) is 13.8. The van der Waals surface area contributed by atoms with Crippen LogP contribution in [0.25, 0.3) is 0 Å². The van der Waals surface area contributed by atoms with Crippen LogP contribution in [0.5, 0.6) is 0 Å². The van der Waals surface area contributed by atoms with Crippen molar-refractivity contribution in [2.45, 2.75) is 19.3 Å². The van der Waals surface area contributed by atoms with Crippen molar-refractivity contribution in [2.24, 2.45) is 0 Å². The topological polar surface area (TPSA) is 40.6 Å². The zero-order valence-corrected chi connectivity index (χ0v) is 16.2. The maximum atomic E-state index is 14.0. The van der Waals surface area contributed by atoms with E-state index < -0.39 is 17.1 Å².